The Morgan fingerprint density at radius 1 is 1.21 bits per heavy atom. The van der Waals surface area contributed by atoms with Crippen LogP contribution in [0.5, 0.6) is 0 Å². The highest BCUT2D eigenvalue weighted by atomic mass is 32.2. The van der Waals surface area contributed by atoms with Crippen LogP contribution in [0.15, 0.2) is 59.6 Å². The number of rotatable bonds is 7. The number of thioether (sulfide) groups is 1. The monoisotopic (exact) mass is 401 g/mol. The fourth-order valence-corrected chi connectivity index (χ4v) is 3.84. The Morgan fingerprint density at radius 3 is 2.64 bits per heavy atom. The predicted molar refractivity (Wildman–Crippen MR) is 108 cm³/mol. The summed E-state index contributed by atoms with van der Waals surface area (Å²) < 4.78 is 18.8. The first-order valence-electron chi connectivity index (χ1n) is 8.73. The molecular weight excluding hydrogens is 381 g/mol. The molecule has 6 nitrogen and oxygen atoms in total. The summed E-state index contributed by atoms with van der Waals surface area (Å²) in [5, 5.41) is 2.42. The summed E-state index contributed by atoms with van der Waals surface area (Å²) in [7, 11) is 1.56. The molecule has 0 spiro atoms. The molecule has 0 aliphatic carbocycles. The van der Waals surface area contributed by atoms with Gasteiger partial charge in [0.2, 0.25) is 11.8 Å². The largest absolute Gasteiger partial charge is 0.383 e. The van der Waals surface area contributed by atoms with Crippen LogP contribution in [0.3, 0.4) is 0 Å². The summed E-state index contributed by atoms with van der Waals surface area (Å²) in [6.07, 6.45) is -0.0743. The van der Waals surface area contributed by atoms with Crippen molar-refractivity contribution in [3.8, 4) is 0 Å². The average Bonchev–Trinajstić information content (AvgIpc) is 2.97. The first-order chi connectivity index (χ1) is 13.6. The maximum absolute atomic E-state index is 13.7. The van der Waals surface area contributed by atoms with E-state index in [1.165, 1.54) is 28.8 Å². The normalized spacial score (nSPS) is 17.9. The Labute approximate surface area is 166 Å². The minimum Gasteiger partial charge on any atom is -0.383 e. The van der Waals surface area contributed by atoms with Gasteiger partial charge in [-0.05, 0) is 24.3 Å². The minimum absolute atomic E-state index is 0.0743. The standard InChI is InChI=1S/C20H20FN3O3S/c1-27-12-11-24-19(26)17(28-20(24)22-14-7-3-2-4-8-14)13-18(25)23-16-10-6-5-9-15(16)21/h2-10,17H,11-13H2,1H3,(H,23,25)/t17-/m0/s1. The predicted octanol–water partition coefficient (Wildman–Crippen LogP) is 3.43. The lowest BCUT2D eigenvalue weighted by Gasteiger charge is -2.15. The molecule has 0 unspecified atom stereocenters. The number of ether oxygens (including phenoxy) is 1. The molecule has 1 N–H and O–H groups in total. The van der Waals surface area contributed by atoms with Crippen molar-refractivity contribution in [1.82, 2.24) is 4.90 Å². The number of hydrogen-bond donors (Lipinski definition) is 1. The van der Waals surface area contributed by atoms with Crippen molar-refractivity contribution < 1.29 is 18.7 Å². The molecule has 1 fully saturated rings. The first kappa shape index (κ1) is 20.0. The average molecular weight is 401 g/mol. The van der Waals surface area contributed by atoms with Gasteiger partial charge in [-0.2, -0.15) is 0 Å². The van der Waals surface area contributed by atoms with Crippen molar-refractivity contribution in [3.05, 3.63) is 60.4 Å². The number of carbonyl (C=O) groups is 2. The highest BCUT2D eigenvalue weighted by Crippen LogP contribution is 2.31. The Kier molecular flexibility index (Phi) is 6.78. The molecular formula is C20H20FN3O3S. The van der Waals surface area contributed by atoms with Gasteiger partial charge >= 0.3 is 0 Å². The van der Waals surface area contributed by atoms with Gasteiger partial charge in [-0.15, -0.1) is 0 Å². The van der Waals surface area contributed by atoms with Gasteiger partial charge in [0.15, 0.2) is 5.17 Å². The van der Waals surface area contributed by atoms with E-state index < -0.39 is 17.0 Å². The van der Waals surface area contributed by atoms with Gasteiger partial charge in [0.05, 0.1) is 24.5 Å². The number of hydrogen-bond acceptors (Lipinski definition) is 5. The van der Waals surface area contributed by atoms with E-state index in [9.17, 15) is 14.0 Å². The van der Waals surface area contributed by atoms with Crippen LogP contribution in [0, 0.1) is 5.82 Å². The van der Waals surface area contributed by atoms with Gasteiger partial charge in [0.25, 0.3) is 0 Å². The molecule has 1 atom stereocenters. The number of benzene rings is 2. The number of aliphatic imine (C=N–C) groups is 1. The van der Waals surface area contributed by atoms with Gasteiger partial charge < -0.3 is 10.1 Å². The van der Waals surface area contributed by atoms with Crippen LogP contribution in [0.2, 0.25) is 0 Å². The molecule has 1 aliphatic heterocycles. The molecule has 146 valence electrons. The number of anilines is 1. The maximum atomic E-state index is 13.7. The molecule has 1 saturated heterocycles. The Bertz CT molecular complexity index is 876. The van der Waals surface area contributed by atoms with Gasteiger partial charge in [0, 0.05) is 13.5 Å². The van der Waals surface area contributed by atoms with Crippen molar-refractivity contribution in [1.29, 1.82) is 0 Å². The fourth-order valence-electron chi connectivity index (χ4n) is 2.66. The number of para-hydroxylation sites is 2. The second kappa shape index (κ2) is 9.48. The zero-order valence-electron chi connectivity index (χ0n) is 15.3. The summed E-state index contributed by atoms with van der Waals surface area (Å²) in [4.78, 5) is 31.2. The second-order valence-electron chi connectivity index (χ2n) is 6.05. The molecule has 2 aromatic rings. The van der Waals surface area contributed by atoms with Crippen molar-refractivity contribution >= 4 is 40.1 Å². The highest BCUT2D eigenvalue weighted by Gasteiger charge is 2.39. The van der Waals surface area contributed by atoms with Gasteiger partial charge in [-0.1, -0.05) is 42.1 Å². The third-order valence-corrected chi connectivity index (χ3v) is 5.21. The van der Waals surface area contributed by atoms with Crippen LogP contribution in [-0.2, 0) is 14.3 Å². The minimum atomic E-state index is -0.619. The van der Waals surface area contributed by atoms with E-state index >= 15 is 0 Å². The number of halogens is 1. The molecule has 1 aliphatic rings. The van der Waals surface area contributed by atoms with E-state index in [1.807, 2.05) is 30.3 Å². The van der Waals surface area contributed by atoms with E-state index in [0.29, 0.717) is 18.3 Å². The summed E-state index contributed by atoms with van der Waals surface area (Å²) in [5.41, 5.74) is 0.814. The molecule has 3 rings (SSSR count). The topological polar surface area (TPSA) is 71.0 Å². The van der Waals surface area contributed by atoms with E-state index in [-0.39, 0.29) is 18.0 Å². The molecule has 8 heteroatoms. The van der Waals surface area contributed by atoms with E-state index in [4.69, 9.17) is 4.74 Å². The molecule has 2 amide bonds. The highest BCUT2D eigenvalue weighted by molar-refractivity contribution is 8.15. The van der Waals surface area contributed by atoms with E-state index in [2.05, 4.69) is 10.3 Å². The van der Waals surface area contributed by atoms with Crippen molar-refractivity contribution in [2.75, 3.05) is 25.6 Å². The zero-order valence-corrected chi connectivity index (χ0v) is 16.1. The van der Waals surface area contributed by atoms with Gasteiger partial charge in [0.1, 0.15) is 11.1 Å². The lowest BCUT2D eigenvalue weighted by Crippen LogP contribution is -2.35. The molecule has 0 aromatic heterocycles. The van der Waals surface area contributed by atoms with Crippen LogP contribution in [0.4, 0.5) is 15.8 Å². The number of nitrogens with zero attached hydrogens (tertiary/aromatic N) is 2. The van der Waals surface area contributed by atoms with Crippen LogP contribution in [0.1, 0.15) is 6.42 Å². The summed E-state index contributed by atoms with van der Waals surface area (Å²) in [5.74, 6) is -1.15. The molecule has 0 saturated carbocycles. The number of carbonyl (C=O) groups excluding carboxylic acids is 2. The summed E-state index contributed by atoms with van der Waals surface area (Å²) in [6, 6.07) is 15.2. The smallest absolute Gasteiger partial charge is 0.242 e. The van der Waals surface area contributed by atoms with Crippen molar-refractivity contribution in [2.45, 2.75) is 11.7 Å². The lowest BCUT2D eigenvalue weighted by atomic mass is 10.2. The number of amidine groups is 1. The fraction of sp³-hybridized carbons (Fsp3) is 0.250. The zero-order chi connectivity index (χ0) is 19.9. The van der Waals surface area contributed by atoms with Gasteiger partial charge in [-0.25, -0.2) is 9.38 Å². The van der Waals surface area contributed by atoms with E-state index in [0.717, 1.165) is 5.69 Å². The van der Waals surface area contributed by atoms with Crippen LogP contribution in [0.25, 0.3) is 0 Å². The number of amides is 2. The third kappa shape index (κ3) is 4.96. The molecule has 0 bridgehead atoms. The van der Waals surface area contributed by atoms with Crippen LogP contribution < -0.4 is 5.32 Å². The van der Waals surface area contributed by atoms with Gasteiger partial charge in [-0.3, -0.25) is 14.5 Å². The lowest BCUT2D eigenvalue weighted by molar-refractivity contribution is -0.128. The molecule has 28 heavy (non-hydrogen) atoms. The second-order valence-corrected chi connectivity index (χ2v) is 7.22. The number of nitrogens with one attached hydrogen (secondary N) is 1. The summed E-state index contributed by atoms with van der Waals surface area (Å²) >= 11 is 1.23. The number of methoxy groups -OCH3 is 1. The third-order valence-electron chi connectivity index (χ3n) is 4.04. The Hall–Kier alpha value is -2.71. The van der Waals surface area contributed by atoms with Crippen molar-refractivity contribution in [2.24, 2.45) is 4.99 Å². The molecule has 2 aromatic carbocycles. The van der Waals surface area contributed by atoms with Crippen LogP contribution >= 0.6 is 11.8 Å². The quantitative estimate of drug-likeness (QED) is 0.772. The van der Waals surface area contributed by atoms with Crippen molar-refractivity contribution in [3.63, 3.8) is 0 Å². The van der Waals surface area contributed by atoms with E-state index in [1.54, 1.807) is 19.2 Å². The Morgan fingerprint density at radius 2 is 1.93 bits per heavy atom. The van der Waals surface area contributed by atoms with Crippen LogP contribution in [-0.4, -0.2) is 47.4 Å². The summed E-state index contributed by atoms with van der Waals surface area (Å²) in [6.45, 7) is 0.702. The SMILES string of the molecule is COCCN1C(=O)[C@H](CC(=O)Nc2ccccc2F)SC1=Nc1ccccc1. The molecule has 1 heterocycles. The Balaban J connectivity index is 1.73. The molecule has 0 radical (unpaired) electrons. The first-order valence-corrected chi connectivity index (χ1v) is 9.61. The maximum Gasteiger partial charge on any atom is 0.242 e.